The molecule has 3 aromatic carbocycles. The second-order valence-corrected chi connectivity index (χ2v) is 8.77. The average molecular weight is 434 g/mol. The number of thioether (sulfide) groups is 1. The van der Waals surface area contributed by atoms with Gasteiger partial charge in [-0.1, -0.05) is 91.0 Å². The van der Waals surface area contributed by atoms with E-state index in [4.69, 9.17) is 11.6 Å². The van der Waals surface area contributed by atoms with Crippen LogP contribution < -0.4 is 0 Å². The molecule has 0 N–H and O–H groups in total. The fraction of sp³-hybridized carbons (Fsp3) is 0.0800. The molecule has 0 aliphatic carbocycles. The fourth-order valence-electron chi connectivity index (χ4n) is 3.43. The van der Waals surface area contributed by atoms with E-state index in [2.05, 4.69) is 107 Å². The average Bonchev–Trinajstić information content (AvgIpc) is 3.26. The number of alkyl halides is 1. The van der Waals surface area contributed by atoms with E-state index in [1.807, 2.05) is 5.51 Å². The summed E-state index contributed by atoms with van der Waals surface area (Å²) in [7, 11) is 0. The number of nitrogens with zero attached hydrogens (tertiary/aromatic N) is 1. The molecule has 0 aliphatic heterocycles. The van der Waals surface area contributed by atoms with E-state index in [0.717, 1.165) is 10.6 Å². The summed E-state index contributed by atoms with van der Waals surface area (Å²) in [6, 6.07) is 32.1. The predicted octanol–water partition coefficient (Wildman–Crippen LogP) is 7.58. The predicted molar refractivity (Wildman–Crippen MR) is 128 cm³/mol. The largest absolute Gasteiger partial charge is 0.248 e. The van der Waals surface area contributed by atoms with Crippen LogP contribution in [0.15, 0.2) is 102 Å². The summed E-state index contributed by atoms with van der Waals surface area (Å²) in [6.07, 6.45) is 2.13. The van der Waals surface area contributed by atoms with E-state index < -0.39 is 0 Å². The quantitative estimate of drug-likeness (QED) is 0.220. The van der Waals surface area contributed by atoms with Gasteiger partial charge in [-0.15, -0.1) is 34.7 Å². The Morgan fingerprint density at radius 1 is 0.793 bits per heavy atom. The zero-order valence-electron chi connectivity index (χ0n) is 15.7. The molecule has 4 heteroatoms. The third kappa shape index (κ3) is 4.18. The van der Waals surface area contributed by atoms with Crippen LogP contribution in [0.1, 0.15) is 27.3 Å². The van der Waals surface area contributed by atoms with Crippen molar-refractivity contribution in [2.75, 3.05) is 0 Å². The van der Waals surface area contributed by atoms with Gasteiger partial charge in [0.2, 0.25) is 0 Å². The second kappa shape index (κ2) is 9.45. The van der Waals surface area contributed by atoms with Crippen LogP contribution in [-0.4, -0.2) is 4.98 Å². The maximum Gasteiger partial charge on any atom is 0.0948 e. The molecule has 1 nitrogen and oxygen atoms in total. The molecule has 0 saturated heterocycles. The molecule has 4 aromatic rings. The van der Waals surface area contributed by atoms with E-state index >= 15 is 0 Å². The van der Waals surface area contributed by atoms with E-state index in [0.29, 0.717) is 5.88 Å². The maximum absolute atomic E-state index is 6.03. The van der Waals surface area contributed by atoms with Crippen molar-refractivity contribution in [1.29, 1.82) is 0 Å². The van der Waals surface area contributed by atoms with Crippen molar-refractivity contribution in [3.8, 4) is 0 Å². The van der Waals surface area contributed by atoms with Gasteiger partial charge in [-0.05, 0) is 28.2 Å². The summed E-state index contributed by atoms with van der Waals surface area (Å²) in [5, 5.41) is 2.18. The van der Waals surface area contributed by atoms with Gasteiger partial charge < -0.3 is 0 Å². The van der Waals surface area contributed by atoms with Gasteiger partial charge in [-0.2, -0.15) is 0 Å². The van der Waals surface area contributed by atoms with Gasteiger partial charge in [-0.3, -0.25) is 0 Å². The van der Waals surface area contributed by atoms with Crippen LogP contribution in [-0.2, 0) is 10.6 Å². The molecule has 144 valence electrons. The minimum absolute atomic E-state index is 0.355. The lowest BCUT2D eigenvalue weighted by atomic mass is 9.84. The third-order valence-corrected chi connectivity index (χ3v) is 7.23. The summed E-state index contributed by atoms with van der Waals surface area (Å²) >= 11 is 9.45. The first kappa shape index (κ1) is 20.0. The molecular weight excluding hydrogens is 414 g/mol. The smallest absolute Gasteiger partial charge is 0.0948 e. The Labute approximate surface area is 185 Å². The van der Waals surface area contributed by atoms with Crippen LogP contribution in [0.2, 0.25) is 0 Å². The lowest BCUT2D eigenvalue weighted by Crippen LogP contribution is -2.24. The lowest BCUT2D eigenvalue weighted by molar-refractivity contribution is 0.900. The highest BCUT2D eigenvalue weighted by molar-refractivity contribution is 8.03. The summed E-state index contributed by atoms with van der Waals surface area (Å²) in [5.41, 5.74) is 6.51. The monoisotopic (exact) mass is 433 g/mol. The normalized spacial score (nSPS) is 11.8. The van der Waals surface area contributed by atoms with Crippen molar-refractivity contribution in [1.82, 2.24) is 4.98 Å². The third-order valence-electron chi connectivity index (χ3n) is 4.80. The fourth-order valence-corrected chi connectivity index (χ4v) is 5.74. The molecule has 0 amide bonds. The van der Waals surface area contributed by atoms with Gasteiger partial charge in [0.25, 0.3) is 0 Å². The number of halogens is 1. The molecule has 4 rings (SSSR count). The second-order valence-electron chi connectivity index (χ2n) is 6.50. The molecule has 0 bridgehead atoms. The molecular formula is C25H20ClNS2. The number of hydrogen-bond acceptors (Lipinski definition) is 3. The minimum atomic E-state index is -0.355. The Kier molecular flexibility index (Phi) is 6.50. The van der Waals surface area contributed by atoms with Crippen LogP contribution >= 0.6 is 34.7 Å². The Balaban J connectivity index is 1.86. The summed E-state index contributed by atoms with van der Waals surface area (Å²) in [6.45, 7) is 0. The standard InChI is InChI=1S/C25H20ClNS2/c26-18-23-24(28-19-27-23)16-17-29-25(20-10-4-1-5-11-20,21-12-6-2-7-13-21)22-14-8-3-9-15-22/h1-17,19H,18H2. The number of aromatic nitrogens is 1. The molecule has 29 heavy (non-hydrogen) atoms. The van der Waals surface area contributed by atoms with Gasteiger partial charge in [0, 0.05) is 0 Å². The topological polar surface area (TPSA) is 12.9 Å². The molecule has 0 unspecified atom stereocenters. The highest BCUT2D eigenvalue weighted by atomic mass is 35.5. The lowest BCUT2D eigenvalue weighted by Gasteiger charge is -2.34. The Morgan fingerprint density at radius 2 is 1.28 bits per heavy atom. The van der Waals surface area contributed by atoms with Crippen LogP contribution in [0.3, 0.4) is 0 Å². The van der Waals surface area contributed by atoms with E-state index in [1.165, 1.54) is 16.7 Å². The Hall–Kier alpha value is -2.33. The number of rotatable bonds is 7. The van der Waals surface area contributed by atoms with E-state index in [1.54, 1.807) is 23.1 Å². The number of benzene rings is 3. The SMILES string of the molecule is ClCc1ncsc1C=CSC(c1ccccc1)(c1ccccc1)c1ccccc1. The molecule has 0 aliphatic rings. The van der Waals surface area contributed by atoms with Crippen molar-refractivity contribution in [2.45, 2.75) is 10.6 Å². The summed E-state index contributed by atoms with van der Waals surface area (Å²) < 4.78 is -0.355. The van der Waals surface area contributed by atoms with Crippen LogP contribution in [0.4, 0.5) is 0 Å². The molecule has 1 heterocycles. The van der Waals surface area contributed by atoms with Crippen molar-refractivity contribution < 1.29 is 0 Å². The first-order chi connectivity index (χ1) is 14.3. The summed E-state index contributed by atoms with van der Waals surface area (Å²) in [4.78, 5) is 5.46. The Bertz CT molecular complexity index is 963. The van der Waals surface area contributed by atoms with Gasteiger partial charge in [0.15, 0.2) is 0 Å². The molecule has 0 spiro atoms. The van der Waals surface area contributed by atoms with Crippen LogP contribution in [0, 0.1) is 0 Å². The van der Waals surface area contributed by atoms with Crippen LogP contribution in [0.5, 0.6) is 0 Å². The van der Waals surface area contributed by atoms with Gasteiger partial charge in [0.1, 0.15) is 0 Å². The zero-order chi connectivity index (χ0) is 19.9. The van der Waals surface area contributed by atoms with Gasteiger partial charge in [-0.25, -0.2) is 4.98 Å². The molecule has 0 atom stereocenters. The van der Waals surface area contributed by atoms with Gasteiger partial charge >= 0.3 is 0 Å². The highest BCUT2D eigenvalue weighted by Gasteiger charge is 2.36. The maximum atomic E-state index is 6.03. The minimum Gasteiger partial charge on any atom is -0.248 e. The van der Waals surface area contributed by atoms with Crippen molar-refractivity contribution in [3.63, 3.8) is 0 Å². The summed E-state index contributed by atoms with van der Waals surface area (Å²) in [5.74, 6) is 0.426. The molecule has 1 aromatic heterocycles. The van der Waals surface area contributed by atoms with Gasteiger partial charge in [0.05, 0.1) is 26.7 Å². The van der Waals surface area contributed by atoms with Crippen molar-refractivity contribution in [3.05, 3.63) is 129 Å². The van der Waals surface area contributed by atoms with E-state index in [9.17, 15) is 0 Å². The molecule has 0 saturated carbocycles. The highest BCUT2D eigenvalue weighted by Crippen LogP contribution is 2.49. The number of thiazole rings is 1. The van der Waals surface area contributed by atoms with Crippen molar-refractivity contribution in [2.24, 2.45) is 0 Å². The van der Waals surface area contributed by atoms with E-state index in [-0.39, 0.29) is 4.75 Å². The first-order valence-electron chi connectivity index (χ1n) is 9.34. The van der Waals surface area contributed by atoms with Crippen molar-refractivity contribution >= 4 is 40.8 Å². The first-order valence-corrected chi connectivity index (χ1v) is 11.6. The zero-order valence-corrected chi connectivity index (χ0v) is 18.1. The van der Waals surface area contributed by atoms with Crippen LogP contribution in [0.25, 0.3) is 6.08 Å². The Morgan fingerprint density at radius 3 is 1.72 bits per heavy atom. The number of hydrogen-bond donors (Lipinski definition) is 0. The molecule has 0 radical (unpaired) electrons. The molecule has 0 fully saturated rings.